The standard InChI is InChI=1S/C13H14BrNO2/c1-13(2,16)10-7-8-6-9(17-3)4-5-11(8)15-12(10)14/h4-7,16H,1-3H3. The minimum Gasteiger partial charge on any atom is -0.497 e. The molecule has 0 saturated heterocycles. The Morgan fingerprint density at radius 1 is 1.29 bits per heavy atom. The summed E-state index contributed by atoms with van der Waals surface area (Å²) in [5.74, 6) is 0.781. The molecule has 0 radical (unpaired) electrons. The number of fused-ring (bicyclic) bond motifs is 1. The van der Waals surface area contributed by atoms with Crippen molar-refractivity contribution < 1.29 is 9.84 Å². The first-order valence-electron chi connectivity index (χ1n) is 5.29. The molecule has 0 bridgehead atoms. The van der Waals surface area contributed by atoms with E-state index < -0.39 is 5.60 Å². The van der Waals surface area contributed by atoms with Gasteiger partial charge < -0.3 is 9.84 Å². The smallest absolute Gasteiger partial charge is 0.119 e. The topological polar surface area (TPSA) is 42.4 Å². The predicted molar refractivity (Wildman–Crippen MR) is 71.2 cm³/mol. The SMILES string of the molecule is COc1ccc2nc(Br)c(C(C)(C)O)cc2c1. The molecular weight excluding hydrogens is 282 g/mol. The fourth-order valence-corrected chi connectivity index (χ4v) is 2.48. The van der Waals surface area contributed by atoms with Gasteiger partial charge in [0, 0.05) is 10.9 Å². The number of hydrogen-bond acceptors (Lipinski definition) is 3. The van der Waals surface area contributed by atoms with Crippen LogP contribution in [0.15, 0.2) is 28.9 Å². The van der Waals surface area contributed by atoms with Crippen LogP contribution < -0.4 is 4.74 Å². The largest absolute Gasteiger partial charge is 0.497 e. The number of nitrogens with zero attached hydrogens (tertiary/aromatic N) is 1. The van der Waals surface area contributed by atoms with Gasteiger partial charge in [-0.15, -0.1) is 0 Å². The summed E-state index contributed by atoms with van der Waals surface area (Å²) in [5, 5.41) is 11.0. The van der Waals surface area contributed by atoms with Crippen LogP contribution in [0.1, 0.15) is 19.4 Å². The van der Waals surface area contributed by atoms with Gasteiger partial charge in [0.2, 0.25) is 0 Å². The summed E-state index contributed by atoms with van der Waals surface area (Å²) in [6.07, 6.45) is 0. The van der Waals surface area contributed by atoms with E-state index in [4.69, 9.17) is 4.74 Å². The minimum absolute atomic E-state index is 0.669. The number of halogens is 1. The molecule has 0 atom stereocenters. The summed E-state index contributed by atoms with van der Waals surface area (Å²) in [6.45, 7) is 3.47. The lowest BCUT2D eigenvalue weighted by molar-refractivity contribution is 0.0775. The van der Waals surface area contributed by atoms with Gasteiger partial charge in [0.05, 0.1) is 18.2 Å². The highest BCUT2D eigenvalue weighted by molar-refractivity contribution is 9.10. The quantitative estimate of drug-likeness (QED) is 0.865. The van der Waals surface area contributed by atoms with Crippen molar-refractivity contribution in [1.82, 2.24) is 4.98 Å². The van der Waals surface area contributed by atoms with Gasteiger partial charge in [-0.1, -0.05) is 0 Å². The molecule has 0 fully saturated rings. The molecule has 0 spiro atoms. The van der Waals surface area contributed by atoms with E-state index >= 15 is 0 Å². The van der Waals surface area contributed by atoms with Crippen molar-refractivity contribution in [2.75, 3.05) is 7.11 Å². The van der Waals surface area contributed by atoms with Gasteiger partial charge in [-0.2, -0.15) is 0 Å². The van der Waals surface area contributed by atoms with Crippen LogP contribution in [0.25, 0.3) is 10.9 Å². The zero-order chi connectivity index (χ0) is 12.6. The molecule has 1 heterocycles. The van der Waals surface area contributed by atoms with Gasteiger partial charge in [-0.3, -0.25) is 0 Å². The molecule has 0 aliphatic carbocycles. The first kappa shape index (κ1) is 12.3. The van der Waals surface area contributed by atoms with Crippen molar-refractivity contribution in [2.45, 2.75) is 19.4 Å². The Hall–Kier alpha value is -1.13. The molecule has 0 aliphatic rings. The predicted octanol–water partition coefficient (Wildman–Crippen LogP) is 3.23. The highest BCUT2D eigenvalue weighted by Gasteiger charge is 2.20. The van der Waals surface area contributed by atoms with E-state index in [1.807, 2.05) is 24.3 Å². The van der Waals surface area contributed by atoms with E-state index in [0.717, 1.165) is 22.2 Å². The minimum atomic E-state index is -0.927. The lowest BCUT2D eigenvalue weighted by Crippen LogP contribution is -2.16. The van der Waals surface area contributed by atoms with Gasteiger partial charge in [-0.25, -0.2) is 4.98 Å². The first-order chi connectivity index (χ1) is 7.91. The molecule has 0 amide bonds. The number of methoxy groups -OCH3 is 1. The fourth-order valence-electron chi connectivity index (χ4n) is 1.69. The van der Waals surface area contributed by atoms with Crippen LogP contribution in [0.4, 0.5) is 0 Å². The Balaban J connectivity index is 2.69. The number of aromatic nitrogens is 1. The average Bonchev–Trinajstić information content (AvgIpc) is 2.26. The second-order valence-electron chi connectivity index (χ2n) is 4.44. The van der Waals surface area contributed by atoms with Crippen molar-refractivity contribution in [2.24, 2.45) is 0 Å². The first-order valence-corrected chi connectivity index (χ1v) is 6.08. The van der Waals surface area contributed by atoms with Crippen molar-refractivity contribution in [3.8, 4) is 5.75 Å². The van der Waals surface area contributed by atoms with Crippen molar-refractivity contribution in [3.05, 3.63) is 34.4 Å². The number of rotatable bonds is 2. The number of pyridine rings is 1. The van der Waals surface area contributed by atoms with Crippen molar-refractivity contribution in [1.29, 1.82) is 0 Å². The third-order valence-corrected chi connectivity index (χ3v) is 3.24. The molecule has 2 aromatic rings. The molecule has 17 heavy (non-hydrogen) atoms. The van der Waals surface area contributed by atoms with Gasteiger partial charge in [0.15, 0.2) is 0 Å². The van der Waals surface area contributed by atoms with Crippen LogP contribution in [0, 0.1) is 0 Å². The van der Waals surface area contributed by atoms with E-state index in [-0.39, 0.29) is 0 Å². The molecule has 1 aromatic heterocycles. The Kier molecular flexibility index (Phi) is 3.10. The van der Waals surface area contributed by atoms with E-state index in [0.29, 0.717) is 4.60 Å². The second kappa shape index (κ2) is 4.27. The molecule has 1 N–H and O–H groups in total. The summed E-state index contributed by atoms with van der Waals surface area (Å²) >= 11 is 3.39. The lowest BCUT2D eigenvalue weighted by Gasteiger charge is -2.19. The molecule has 2 rings (SSSR count). The third kappa shape index (κ3) is 2.42. The second-order valence-corrected chi connectivity index (χ2v) is 5.20. The van der Waals surface area contributed by atoms with E-state index in [1.54, 1.807) is 21.0 Å². The highest BCUT2D eigenvalue weighted by atomic mass is 79.9. The molecule has 0 saturated carbocycles. The van der Waals surface area contributed by atoms with Crippen molar-refractivity contribution in [3.63, 3.8) is 0 Å². The molecular formula is C13H14BrNO2. The van der Waals surface area contributed by atoms with Crippen LogP contribution in [0.2, 0.25) is 0 Å². The monoisotopic (exact) mass is 295 g/mol. The van der Waals surface area contributed by atoms with Crippen LogP contribution in [0.3, 0.4) is 0 Å². The Bertz CT molecular complexity index is 561. The summed E-state index contributed by atoms with van der Waals surface area (Å²) in [4.78, 5) is 4.42. The van der Waals surface area contributed by atoms with E-state index in [2.05, 4.69) is 20.9 Å². The van der Waals surface area contributed by atoms with Gasteiger partial charge in [0.1, 0.15) is 10.4 Å². The fraction of sp³-hybridized carbons (Fsp3) is 0.308. The zero-order valence-electron chi connectivity index (χ0n) is 9.99. The van der Waals surface area contributed by atoms with Crippen molar-refractivity contribution >= 4 is 26.8 Å². The zero-order valence-corrected chi connectivity index (χ0v) is 11.6. The lowest BCUT2D eigenvalue weighted by atomic mass is 9.99. The Labute approximate surface area is 109 Å². The third-order valence-electron chi connectivity index (χ3n) is 2.63. The van der Waals surface area contributed by atoms with Crippen LogP contribution in [-0.4, -0.2) is 17.2 Å². The molecule has 90 valence electrons. The number of ether oxygens (including phenoxy) is 1. The number of aliphatic hydroxyl groups is 1. The van der Waals surface area contributed by atoms with Crippen LogP contribution in [-0.2, 0) is 5.60 Å². The van der Waals surface area contributed by atoms with Crippen LogP contribution in [0.5, 0.6) is 5.75 Å². The summed E-state index contributed by atoms with van der Waals surface area (Å²) < 4.78 is 5.85. The maximum absolute atomic E-state index is 10.1. The normalized spacial score (nSPS) is 11.8. The summed E-state index contributed by atoms with van der Waals surface area (Å²) in [6, 6.07) is 7.59. The van der Waals surface area contributed by atoms with Gasteiger partial charge in [-0.05, 0) is 54.0 Å². The molecule has 0 aliphatic heterocycles. The number of hydrogen-bond donors (Lipinski definition) is 1. The van der Waals surface area contributed by atoms with E-state index in [1.165, 1.54) is 0 Å². The molecule has 1 aromatic carbocycles. The maximum Gasteiger partial charge on any atom is 0.119 e. The van der Waals surface area contributed by atoms with Gasteiger partial charge >= 0.3 is 0 Å². The Morgan fingerprint density at radius 3 is 2.59 bits per heavy atom. The molecule has 0 unspecified atom stereocenters. The van der Waals surface area contributed by atoms with Crippen LogP contribution >= 0.6 is 15.9 Å². The molecule has 3 nitrogen and oxygen atoms in total. The maximum atomic E-state index is 10.1. The average molecular weight is 296 g/mol. The summed E-state index contributed by atoms with van der Waals surface area (Å²) in [5.41, 5.74) is 0.701. The van der Waals surface area contributed by atoms with Gasteiger partial charge in [0.25, 0.3) is 0 Å². The molecule has 4 heteroatoms. The number of benzene rings is 1. The highest BCUT2D eigenvalue weighted by Crippen LogP contribution is 2.30. The summed E-state index contributed by atoms with van der Waals surface area (Å²) in [7, 11) is 1.63. The Morgan fingerprint density at radius 2 is 2.00 bits per heavy atom. The van der Waals surface area contributed by atoms with E-state index in [9.17, 15) is 5.11 Å².